The number of carbonyl (C=O) groups is 4. The second-order valence-corrected chi connectivity index (χ2v) is 13.5. The number of benzene rings is 1. The van der Waals surface area contributed by atoms with Crippen molar-refractivity contribution in [1.82, 2.24) is 24.9 Å². The number of methoxy groups -OCH3 is 2. The molecule has 6 unspecified atom stereocenters. The minimum atomic E-state index is -1.13. The van der Waals surface area contributed by atoms with Crippen LogP contribution in [-0.4, -0.2) is 148 Å². The molecule has 2 rings (SSSR count). The molecule has 1 aromatic carbocycles. The molecule has 1 heterocycles. The molecule has 13 heteroatoms. The van der Waals surface area contributed by atoms with Crippen LogP contribution >= 0.6 is 0 Å². The fourth-order valence-corrected chi connectivity index (χ4v) is 6.12. The van der Waals surface area contributed by atoms with Gasteiger partial charge < -0.3 is 39.5 Å². The van der Waals surface area contributed by atoms with Crippen molar-refractivity contribution in [2.75, 3.05) is 69.1 Å². The minimum absolute atomic E-state index is 0.0366. The fraction of sp³-hybridized carbons (Fsp3) is 0.711. The van der Waals surface area contributed by atoms with Crippen LogP contribution in [0.25, 0.3) is 0 Å². The first-order valence-corrected chi connectivity index (χ1v) is 18.0. The van der Waals surface area contributed by atoms with E-state index in [1.165, 1.54) is 19.1 Å². The maximum Gasteiger partial charge on any atom is 0.322 e. The van der Waals surface area contributed by atoms with Crippen molar-refractivity contribution < 1.29 is 33.8 Å². The van der Waals surface area contributed by atoms with Crippen molar-refractivity contribution in [2.45, 2.75) is 97.9 Å². The van der Waals surface area contributed by atoms with Gasteiger partial charge in [0.1, 0.15) is 13.1 Å². The third-order valence-corrected chi connectivity index (χ3v) is 8.81. The highest BCUT2D eigenvalue weighted by Gasteiger charge is 2.42. The van der Waals surface area contributed by atoms with Crippen LogP contribution in [0.3, 0.4) is 0 Å². The molecule has 0 spiro atoms. The van der Waals surface area contributed by atoms with Gasteiger partial charge in [-0.3, -0.25) is 19.2 Å². The largest absolute Gasteiger partial charge is 0.480 e. The lowest BCUT2D eigenvalue weighted by molar-refractivity contribution is -0.145. The number of amides is 3. The molecular weight excluding hydrogens is 652 g/mol. The number of ether oxygens (including phenoxy) is 2. The molecule has 292 valence electrons. The maximum atomic E-state index is 13.7. The maximum absolute atomic E-state index is 13.7. The summed E-state index contributed by atoms with van der Waals surface area (Å²) >= 11 is 0. The SMILES string of the molecule is CCC.CCC(C)C(C(CC(=O)N1CCCC1C(OC)C(C)C(=O)NCC(=O)O)OC)N(C)C(=O)CN=C(N(C)C)N(C)C.Cc1ccccc1. The Labute approximate surface area is 307 Å². The number of hydrogen-bond acceptors (Lipinski definition) is 7. The molecule has 13 nitrogen and oxygen atoms in total. The molecule has 2 N–H and O–H groups in total. The van der Waals surface area contributed by atoms with Gasteiger partial charge in [-0.1, -0.05) is 83.4 Å². The van der Waals surface area contributed by atoms with Gasteiger partial charge in [0.05, 0.1) is 36.6 Å². The van der Waals surface area contributed by atoms with Gasteiger partial charge in [0, 0.05) is 56.0 Å². The molecule has 1 fully saturated rings. The van der Waals surface area contributed by atoms with E-state index in [9.17, 15) is 19.2 Å². The molecule has 3 amide bonds. The summed E-state index contributed by atoms with van der Waals surface area (Å²) in [4.78, 5) is 62.0. The zero-order valence-corrected chi connectivity index (χ0v) is 33.6. The number of aliphatic carboxylic acids is 1. The Hall–Kier alpha value is -3.71. The van der Waals surface area contributed by atoms with Crippen molar-refractivity contribution in [3.05, 3.63) is 35.9 Å². The standard InChI is InChI=1S/C28H52N6O7.C7H8.C3H8/c1-11-18(2)25(33(8)23(36)16-30-28(31(4)5)32(6)7)21(40-9)15-22(35)34-14-12-13-20(34)26(41-10)19(3)27(39)29-17-24(37)38;1-7-5-3-2-4-6-7;1-3-2/h18-21,25-26H,11-17H2,1-10H3,(H,29,39)(H,37,38);2-6H,1H3;3H2,1-2H3. The molecular formula is C38H68N6O7. The fourth-order valence-electron chi connectivity index (χ4n) is 6.12. The number of rotatable bonds is 15. The number of guanidine groups is 1. The molecule has 6 atom stereocenters. The second kappa shape index (κ2) is 25.3. The molecule has 0 radical (unpaired) electrons. The number of nitrogens with zero attached hydrogens (tertiary/aromatic N) is 5. The van der Waals surface area contributed by atoms with E-state index in [4.69, 9.17) is 14.6 Å². The number of likely N-dealkylation sites (N-methyl/N-ethyl adjacent to an activating group) is 1. The number of aryl methyl sites for hydroxylation is 1. The van der Waals surface area contributed by atoms with E-state index < -0.39 is 36.5 Å². The highest BCUT2D eigenvalue weighted by Crippen LogP contribution is 2.29. The summed E-state index contributed by atoms with van der Waals surface area (Å²) in [5.74, 6) is -1.84. The van der Waals surface area contributed by atoms with E-state index >= 15 is 0 Å². The zero-order valence-electron chi connectivity index (χ0n) is 33.6. The second-order valence-electron chi connectivity index (χ2n) is 13.5. The van der Waals surface area contributed by atoms with Gasteiger partial charge in [-0.2, -0.15) is 0 Å². The Bertz CT molecular complexity index is 1190. The zero-order chi connectivity index (χ0) is 39.3. The van der Waals surface area contributed by atoms with Crippen LogP contribution in [0.5, 0.6) is 0 Å². The number of hydrogen-bond donors (Lipinski definition) is 2. The van der Waals surface area contributed by atoms with Crippen LogP contribution in [0.1, 0.15) is 72.3 Å². The van der Waals surface area contributed by atoms with Crippen molar-refractivity contribution in [3.63, 3.8) is 0 Å². The summed E-state index contributed by atoms with van der Waals surface area (Å²) in [6.07, 6.45) is 2.33. The summed E-state index contributed by atoms with van der Waals surface area (Å²) in [6.45, 7) is 12.1. The highest BCUT2D eigenvalue weighted by atomic mass is 16.5. The van der Waals surface area contributed by atoms with E-state index in [0.29, 0.717) is 18.9 Å². The molecule has 1 aliphatic rings. The Balaban J connectivity index is 0.00000215. The molecule has 51 heavy (non-hydrogen) atoms. The lowest BCUT2D eigenvalue weighted by atomic mass is 9.90. The molecule has 1 aromatic rings. The van der Waals surface area contributed by atoms with Crippen LogP contribution in [0.4, 0.5) is 0 Å². The Morgan fingerprint density at radius 2 is 1.55 bits per heavy atom. The van der Waals surface area contributed by atoms with E-state index in [0.717, 1.165) is 12.8 Å². The minimum Gasteiger partial charge on any atom is -0.480 e. The average molecular weight is 721 g/mol. The van der Waals surface area contributed by atoms with Crippen LogP contribution < -0.4 is 5.32 Å². The Kier molecular flexibility index (Phi) is 23.4. The van der Waals surface area contributed by atoms with E-state index in [-0.39, 0.29) is 42.8 Å². The highest BCUT2D eigenvalue weighted by molar-refractivity contribution is 5.85. The number of carboxylic acids is 1. The first-order chi connectivity index (χ1) is 24.0. The monoisotopic (exact) mass is 721 g/mol. The van der Waals surface area contributed by atoms with E-state index in [1.807, 2.05) is 70.0 Å². The number of carbonyl (C=O) groups excluding carboxylic acids is 3. The van der Waals surface area contributed by atoms with Gasteiger partial charge in [-0.25, -0.2) is 4.99 Å². The third kappa shape index (κ3) is 16.5. The predicted molar refractivity (Wildman–Crippen MR) is 204 cm³/mol. The molecule has 1 aliphatic heterocycles. The van der Waals surface area contributed by atoms with Gasteiger partial charge in [-0.05, 0) is 25.7 Å². The summed E-state index contributed by atoms with van der Waals surface area (Å²) in [5.41, 5.74) is 1.32. The molecule has 0 aliphatic carbocycles. The van der Waals surface area contributed by atoms with Crippen molar-refractivity contribution in [1.29, 1.82) is 0 Å². The van der Waals surface area contributed by atoms with Crippen LogP contribution in [0.15, 0.2) is 35.3 Å². The number of aliphatic imine (C=N–C) groups is 1. The molecule has 1 saturated heterocycles. The molecule has 0 saturated carbocycles. The Morgan fingerprint density at radius 1 is 0.980 bits per heavy atom. The summed E-state index contributed by atoms with van der Waals surface area (Å²) in [7, 11) is 12.2. The van der Waals surface area contributed by atoms with Gasteiger partial charge >= 0.3 is 5.97 Å². The average Bonchev–Trinajstić information content (AvgIpc) is 3.57. The lowest BCUT2D eigenvalue weighted by Crippen LogP contribution is -2.53. The van der Waals surface area contributed by atoms with Crippen LogP contribution in [-0.2, 0) is 28.7 Å². The summed E-state index contributed by atoms with van der Waals surface area (Å²) in [6, 6.07) is 9.55. The number of nitrogens with one attached hydrogen (secondary N) is 1. The first kappa shape index (κ1) is 47.3. The normalized spacial score (nSPS) is 16.4. The topological polar surface area (TPSA) is 144 Å². The van der Waals surface area contributed by atoms with Gasteiger partial charge in [0.15, 0.2) is 5.96 Å². The third-order valence-electron chi connectivity index (χ3n) is 8.81. The van der Waals surface area contributed by atoms with E-state index in [1.54, 1.807) is 30.9 Å². The molecule has 0 bridgehead atoms. The van der Waals surface area contributed by atoms with Crippen molar-refractivity contribution in [2.24, 2.45) is 16.8 Å². The quantitative estimate of drug-likeness (QED) is 0.203. The van der Waals surface area contributed by atoms with Gasteiger partial charge in [-0.15, -0.1) is 0 Å². The number of likely N-dealkylation sites (tertiary alicyclic amines) is 1. The smallest absolute Gasteiger partial charge is 0.322 e. The summed E-state index contributed by atoms with van der Waals surface area (Å²) in [5, 5.41) is 11.3. The lowest BCUT2D eigenvalue weighted by Gasteiger charge is -2.39. The van der Waals surface area contributed by atoms with Crippen molar-refractivity contribution in [3.8, 4) is 0 Å². The number of carboxylic acid groups (broad SMARTS) is 1. The van der Waals surface area contributed by atoms with Crippen molar-refractivity contribution >= 4 is 29.7 Å². The summed E-state index contributed by atoms with van der Waals surface area (Å²) < 4.78 is 11.5. The molecule has 0 aromatic heterocycles. The van der Waals surface area contributed by atoms with Gasteiger partial charge in [0.2, 0.25) is 17.7 Å². The first-order valence-electron chi connectivity index (χ1n) is 18.0. The van der Waals surface area contributed by atoms with Crippen LogP contribution in [0, 0.1) is 18.8 Å². The predicted octanol–water partition coefficient (Wildman–Crippen LogP) is 4.00. The van der Waals surface area contributed by atoms with Gasteiger partial charge in [0.25, 0.3) is 0 Å². The van der Waals surface area contributed by atoms with E-state index in [2.05, 4.69) is 43.2 Å². The Morgan fingerprint density at radius 3 is 1.98 bits per heavy atom. The van der Waals surface area contributed by atoms with Crippen LogP contribution in [0.2, 0.25) is 0 Å².